The van der Waals surface area contributed by atoms with Crippen LogP contribution in [0.2, 0.25) is 0 Å². The zero-order chi connectivity index (χ0) is 14.8. The molecular weight excluding hydrogens is 272 g/mol. The maximum atomic E-state index is 11.6. The molecule has 0 saturated heterocycles. The summed E-state index contributed by atoms with van der Waals surface area (Å²) in [6.45, 7) is 0. The Labute approximate surface area is 118 Å². The first-order valence-corrected chi connectivity index (χ1v) is 6.08. The summed E-state index contributed by atoms with van der Waals surface area (Å²) in [5.74, 6) is 0.00238. The standard InChI is InChI=1S/C14H10N4O3/c19-13-6-5-10(18(20)21)7-9(13)8-15-14-16-11-3-1-2-4-12(11)17-14/h1-8,19H,(H,16,17)/p-1. The number of nitro benzene ring substituents is 1. The van der Waals surface area contributed by atoms with Crippen molar-refractivity contribution in [2.45, 2.75) is 0 Å². The smallest absolute Gasteiger partial charge is 0.270 e. The Morgan fingerprint density at radius 1 is 1.24 bits per heavy atom. The van der Waals surface area contributed by atoms with Crippen LogP contribution in [0.3, 0.4) is 0 Å². The van der Waals surface area contributed by atoms with Crippen LogP contribution < -0.4 is 5.11 Å². The van der Waals surface area contributed by atoms with Gasteiger partial charge < -0.3 is 10.1 Å². The average Bonchev–Trinajstić information content (AvgIpc) is 2.89. The van der Waals surface area contributed by atoms with E-state index in [0.29, 0.717) is 5.95 Å². The summed E-state index contributed by atoms with van der Waals surface area (Å²) in [5, 5.41) is 22.3. The monoisotopic (exact) mass is 281 g/mol. The molecule has 0 amide bonds. The van der Waals surface area contributed by atoms with Crippen LogP contribution in [0.15, 0.2) is 47.5 Å². The highest BCUT2D eigenvalue weighted by Crippen LogP contribution is 2.20. The molecule has 0 aliphatic heterocycles. The Morgan fingerprint density at radius 2 is 2.05 bits per heavy atom. The molecule has 3 rings (SSSR count). The van der Waals surface area contributed by atoms with Gasteiger partial charge in [-0.2, -0.15) is 0 Å². The van der Waals surface area contributed by atoms with Crippen molar-refractivity contribution in [2.24, 2.45) is 4.99 Å². The number of fused-ring (bicyclic) bond motifs is 1. The Morgan fingerprint density at radius 3 is 2.81 bits per heavy atom. The van der Waals surface area contributed by atoms with E-state index in [1.807, 2.05) is 24.3 Å². The minimum atomic E-state index is -0.558. The summed E-state index contributed by atoms with van der Waals surface area (Å²) in [6, 6.07) is 10.9. The van der Waals surface area contributed by atoms with Gasteiger partial charge in [-0.05, 0) is 17.7 Å². The summed E-state index contributed by atoms with van der Waals surface area (Å²) in [5.41, 5.74) is 1.57. The van der Waals surface area contributed by atoms with Crippen LogP contribution in [0.25, 0.3) is 11.0 Å². The first-order valence-electron chi connectivity index (χ1n) is 6.08. The largest absolute Gasteiger partial charge is 0.872 e. The molecule has 21 heavy (non-hydrogen) atoms. The van der Waals surface area contributed by atoms with Gasteiger partial charge in [0.1, 0.15) is 0 Å². The van der Waals surface area contributed by atoms with Gasteiger partial charge in [-0.15, -0.1) is 0 Å². The normalized spacial score (nSPS) is 11.2. The first kappa shape index (κ1) is 12.8. The van der Waals surface area contributed by atoms with Crippen LogP contribution in [0.1, 0.15) is 5.56 Å². The number of imidazole rings is 1. The number of aromatic nitrogens is 2. The predicted octanol–water partition coefficient (Wildman–Crippen LogP) is 2.30. The van der Waals surface area contributed by atoms with Crippen molar-refractivity contribution in [1.29, 1.82) is 0 Å². The van der Waals surface area contributed by atoms with Gasteiger partial charge in [-0.1, -0.05) is 23.9 Å². The van der Waals surface area contributed by atoms with E-state index in [-0.39, 0.29) is 17.0 Å². The number of aromatic amines is 1. The van der Waals surface area contributed by atoms with Gasteiger partial charge in [0, 0.05) is 18.3 Å². The number of nitrogens with one attached hydrogen (secondary N) is 1. The lowest BCUT2D eigenvalue weighted by Gasteiger charge is -2.08. The highest BCUT2D eigenvalue weighted by molar-refractivity contribution is 5.86. The highest BCUT2D eigenvalue weighted by atomic mass is 16.6. The second-order valence-corrected chi connectivity index (χ2v) is 4.31. The van der Waals surface area contributed by atoms with Gasteiger partial charge in [-0.3, -0.25) is 10.1 Å². The van der Waals surface area contributed by atoms with E-state index in [2.05, 4.69) is 15.0 Å². The van der Waals surface area contributed by atoms with E-state index in [1.165, 1.54) is 18.3 Å². The number of non-ortho nitro benzene ring substituents is 1. The molecule has 0 saturated carbocycles. The third kappa shape index (κ3) is 2.57. The fraction of sp³-hybridized carbons (Fsp3) is 0. The number of para-hydroxylation sites is 2. The predicted molar refractivity (Wildman–Crippen MR) is 75.9 cm³/mol. The lowest BCUT2D eigenvalue weighted by molar-refractivity contribution is -0.385. The molecule has 1 heterocycles. The summed E-state index contributed by atoms with van der Waals surface area (Å²) in [7, 11) is 0. The minimum absolute atomic E-state index is 0.143. The number of H-pyrrole nitrogens is 1. The Balaban J connectivity index is 1.95. The van der Waals surface area contributed by atoms with Crippen molar-refractivity contribution >= 4 is 28.9 Å². The number of hydrogen-bond acceptors (Lipinski definition) is 5. The molecule has 0 fully saturated rings. The topological polar surface area (TPSA) is 107 Å². The molecule has 0 atom stereocenters. The van der Waals surface area contributed by atoms with Gasteiger partial charge in [-0.25, -0.2) is 9.98 Å². The van der Waals surface area contributed by atoms with Crippen LogP contribution in [-0.4, -0.2) is 21.1 Å². The van der Waals surface area contributed by atoms with Gasteiger partial charge in [0.05, 0.1) is 16.0 Å². The molecule has 7 nitrogen and oxygen atoms in total. The zero-order valence-electron chi connectivity index (χ0n) is 10.7. The molecule has 0 aliphatic carbocycles. The fourth-order valence-corrected chi connectivity index (χ4v) is 1.88. The maximum Gasteiger partial charge on any atom is 0.270 e. The molecule has 1 N–H and O–H groups in total. The molecule has 104 valence electrons. The zero-order valence-corrected chi connectivity index (χ0v) is 10.7. The lowest BCUT2D eigenvalue weighted by atomic mass is 10.2. The molecule has 1 aromatic heterocycles. The van der Waals surface area contributed by atoms with Crippen LogP contribution in [0, 0.1) is 10.1 Å². The molecule has 0 aliphatic rings. The van der Waals surface area contributed by atoms with Crippen molar-refractivity contribution < 1.29 is 10.0 Å². The Bertz CT molecular complexity index is 821. The van der Waals surface area contributed by atoms with E-state index < -0.39 is 4.92 Å². The van der Waals surface area contributed by atoms with Crippen LogP contribution in [0.5, 0.6) is 5.75 Å². The second kappa shape index (κ2) is 5.04. The summed E-state index contributed by atoms with van der Waals surface area (Å²) < 4.78 is 0. The van der Waals surface area contributed by atoms with Crippen LogP contribution in [0.4, 0.5) is 11.6 Å². The van der Waals surface area contributed by atoms with Crippen LogP contribution >= 0.6 is 0 Å². The van der Waals surface area contributed by atoms with Gasteiger partial charge in [0.2, 0.25) is 5.95 Å². The van der Waals surface area contributed by atoms with Gasteiger partial charge in [0.25, 0.3) is 5.69 Å². The molecular formula is C14H9N4O3-. The molecule has 0 unspecified atom stereocenters. The third-order valence-electron chi connectivity index (χ3n) is 2.91. The number of benzene rings is 2. The highest BCUT2D eigenvalue weighted by Gasteiger charge is 2.06. The van der Waals surface area contributed by atoms with Crippen molar-refractivity contribution in [3.63, 3.8) is 0 Å². The Hall–Kier alpha value is -3.22. The number of aliphatic imine (C=N–C) groups is 1. The summed E-state index contributed by atoms with van der Waals surface area (Å²) in [4.78, 5) is 21.4. The maximum absolute atomic E-state index is 11.6. The second-order valence-electron chi connectivity index (χ2n) is 4.31. The number of hydrogen-bond donors (Lipinski definition) is 1. The van der Waals surface area contributed by atoms with Gasteiger partial charge >= 0.3 is 0 Å². The minimum Gasteiger partial charge on any atom is -0.872 e. The quantitative estimate of drug-likeness (QED) is 0.451. The third-order valence-corrected chi connectivity index (χ3v) is 2.91. The summed E-state index contributed by atoms with van der Waals surface area (Å²) in [6.07, 6.45) is 1.27. The number of nitro groups is 1. The average molecular weight is 281 g/mol. The molecule has 0 radical (unpaired) electrons. The Kier molecular flexibility index (Phi) is 3.07. The first-order chi connectivity index (χ1) is 10.1. The van der Waals surface area contributed by atoms with E-state index in [9.17, 15) is 15.2 Å². The van der Waals surface area contributed by atoms with Gasteiger partial charge in [0.15, 0.2) is 0 Å². The fourth-order valence-electron chi connectivity index (χ4n) is 1.88. The van der Waals surface area contributed by atoms with Crippen molar-refractivity contribution in [3.8, 4) is 5.75 Å². The van der Waals surface area contributed by atoms with Crippen LogP contribution in [-0.2, 0) is 0 Å². The molecule has 7 heteroatoms. The van der Waals surface area contributed by atoms with Crippen molar-refractivity contribution in [1.82, 2.24) is 9.97 Å². The van der Waals surface area contributed by atoms with E-state index in [1.54, 1.807) is 0 Å². The van der Waals surface area contributed by atoms with E-state index in [4.69, 9.17) is 0 Å². The van der Waals surface area contributed by atoms with Crippen molar-refractivity contribution in [2.75, 3.05) is 0 Å². The SMILES string of the molecule is O=[N+]([O-])c1ccc([O-])c(C=Nc2nc3ccccc3[nH]2)c1. The summed E-state index contributed by atoms with van der Waals surface area (Å²) >= 11 is 0. The molecule has 3 aromatic rings. The lowest BCUT2D eigenvalue weighted by Crippen LogP contribution is -1.98. The molecule has 0 bridgehead atoms. The molecule has 0 spiro atoms. The molecule has 2 aromatic carbocycles. The number of nitrogens with zero attached hydrogens (tertiary/aromatic N) is 3. The van der Waals surface area contributed by atoms with Crippen molar-refractivity contribution in [3.05, 3.63) is 58.1 Å². The number of rotatable bonds is 3. The van der Waals surface area contributed by atoms with E-state index >= 15 is 0 Å². The van der Waals surface area contributed by atoms with E-state index in [0.717, 1.165) is 17.1 Å².